The van der Waals surface area contributed by atoms with Crippen LogP contribution in [0.5, 0.6) is 0 Å². The maximum absolute atomic E-state index is 11.7. The Balaban J connectivity index is 2.36. The molecule has 2 rings (SSSR count). The number of benzene rings is 1. The molecule has 0 spiro atoms. The van der Waals surface area contributed by atoms with Crippen molar-refractivity contribution in [3.05, 3.63) is 32.8 Å². The Hall–Kier alpha value is -1.63. The molecule has 96 valence electrons. The molecule has 1 aliphatic carbocycles. The standard InChI is InChI=1S/C11H11BrN2O4/c1-18-11(15)13(7-2-3-7)10-5-4-8(14(16)17)6-9(10)12/h4-7H,2-3H2,1H3. The molecule has 0 aromatic heterocycles. The van der Waals surface area contributed by atoms with Crippen molar-refractivity contribution in [1.82, 2.24) is 0 Å². The molecular weight excluding hydrogens is 304 g/mol. The molecule has 0 unspecified atom stereocenters. The summed E-state index contributed by atoms with van der Waals surface area (Å²) in [5.74, 6) is 0. The van der Waals surface area contributed by atoms with E-state index in [4.69, 9.17) is 4.74 Å². The topological polar surface area (TPSA) is 72.7 Å². The molecule has 1 aliphatic rings. The Morgan fingerprint density at radius 2 is 2.22 bits per heavy atom. The molecule has 1 amide bonds. The highest BCUT2D eigenvalue weighted by Crippen LogP contribution is 2.37. The lowest BCUT2D eigenvalue weighted by Crippen LogP contribution is -2.33. The minimum atomic E-state index is -0.478. The van der Waals surface area contributed by atoms with Gasteiger partial charge in [0.2, 0.25) is 0 Å². The van der Waals surface area contributed by atoms with E-state index < -0.39 is 11.0 Å². The summed E-state index contributed by atoms with van der Waals surface area (Å²) >= 11 is 3.26. The van der Waals surface area contributed by atoms with Gasteiger partial charge in [0.25, 0.3) is 5.69 Å². The molecular formula is C11H11BrN2O4. The van der Waals surface area contributed by atoms with Crippen LogP contribution >= 0.6 is 15.9 Å². The third kappa shape index (κ3) is 2.45. The van der Waals surface area contributed by atoms with E-state index in [1.165, 1.54) is 24.1 Å². The number of carbonyl (C=O) groups is 1. The molecule has 1 aromatic carbocycles. The van der Waals surface area contributed by atoms with Gasteiger partial charge >= 0.3 is 6.09 Å². The quantitative estimate of drug-likeness (QED) is 0.634. The SMILES string of the molecule is COC(=O)N(c1ccc([N+](=O)[O-])cc1Br)C1CC1. The van der Waals surface area contributed by atoms with Crippen molar-refractivity contribution in [2.75, 3.05) is 12.0 Å². The zero-order valence-electron chi connectivity index (χ0n) is 9.63. The molecule has 1 saturated carbocycles. The number of amides is 1. The molecule has 1 fully saturated rings. The van der Waals surface area contributed by atoms with Crippen LogP contribution in [0, 0.1) is 10.1 Å². The Labute approximate surface area is 112 Å². The molecule has 0 bridgehead atoms. The summed E-state index contributed by atoms with van der Waals surface area (Å²) < 4.78 is 5.24. The molecule has 7 heteroatoms. The fraction of sp³-hybridized carbons (Fsp3) is 0.364. The Morgan fingerprint density at radius 3 is 2.67 bits per heavy atom. The predicted octanol–water partition coefficient (Wildman–Crippen LogP) is 3.09. The van der Waals surface area contributed by atoms with Crippen LogP contribution in [0.2, 0.25) is 0 Å². The van der Waals surface area contributed by atoms with Crippen molar-refractivity contribution in [3.8, 4) is 0 Å². The van der Waals surface area contributed by atoms with Crippen molar-refractivity contribution in [2.24, 2.45) is 0 Å². The van der Waals surface area contributed by atoms with Gasteiger partial charge in [-0.25, -0.2) is 4.79 Å². The van der Waals surface area contributed by atoms with Gasteiger partial charge < -0.3 is 4.74 Å². The van der Waals surface area contributed by atoms with Crippen LogP contribution in [-0.4, -0.2) is 24.2 Å². The van der Waals surface area contributed by atoms with Gasteiger partial charge in [-0.3, -0.25) is 15.0 Å². The lowest BCUT2D eigenvalue weighted by Gasteiger charge is -2.21. The number of nitro benzene ring substituents is 1. The minimum absolute atomic E-state index is 0.0220. The van der Waals surface area contributed by atoms with Gasteiger partial charge in [-0.15, -0.1) is 0 Å². The van der Waals surface area contributed by atoms with Gasteiger partial charge in [-0.1, -0.05) is 0 Å². The van der Waals surface area contributed by atoms with Crippen molar-refractivity contribution in [3.63, 3.8) is 0 Å². The summed E-state index contributed by atoms with van der Waals surface area (Å²) in [5, 5.41) is 10.7. The highest BCUT2D eigenvalue weighted by molar-refractivity contribution is 9.10. The number of halogens is 1. The molecule has 0 radical (unpaired) electrons. The number of rotatable bonds is 3. The summed E-state index contributed by atoms with van der Waals surface area (Å²) in [6, 6.07) is 4.43. The number of anilines is 1. The number of hydrogen-bond acceptors (Lipinski definition) is 4. The summed E-state index contributed by atoms with van der Waals surface area (Å²) in [6.07, 6.45) is 1.38. The van der Waals surface area contributed by atoms with Crippen molar-refractivity contribution in [2.45, 2.75) is 18.9 Å². The highest BCUT2D eigenvalue weighted by atomic mass is 79.9. The lowest BCUT2D eigenvalue weighted by atomic mass is 10.2. The second kappa shape index (κ2) is 4.93. The summed E-state index contributed by atoms with van der Waals surface area (Å²) in [4.78, 5) is 23.4. The largest absolute Gasteiger partial charge is 0.452 e. The van der Waals surface area contributed by atoms with Crippen molar-refractivity contribution < 1.29 is 14.5 Å². The van der Waals surface area contributed by atoms with Crippen LogP contribution in [0.1, 0.15) is 12.8 Å². The first-order valence-electron chi connectivity index (χ1n) is 5.35. The van der Waals surface area contributed by atoms with E-state index in [9.17, 15) is 14.9 Å². The van der Waals surface area contributed by atoms with Crippen molar-refractivity contribution in [1.29, 1.82) is 0 Å². The molecule has 6 nitrogen and oxygen atoms in total. The number of methoxy groups -OCH3 is 1. The van der Waals surface area contributed by atoms with E-state index in [0.29, 0.717) is 10.2 Å². The fourth-order valence-electron chi connectivity index (χ4n) is 1.68. The highest BCUT2D eigenvalue weighted by Gasteiger charge is 2.35. The smallest absolute Gasteiger partial charge is 0.414 e. The molecule has 0 atom stereocenters. The van der Waals surface area contributed by atoms with E-state index in [1.807, 2.05) is 0 Å². The van der Waals surface area contributed by atoms with E-state index >= 15 is 0 Å². The van der Waals surface area contributed by atoms with Gasteiger partial charge in [0, 0.05) is 22.6 Å². The van der Waals surface area contributed by atoms with E-state index in [1.54, 1.807) is 6.07 Å². The van der Waals surface area contributed by atoms with E-state index in [0.717, 1.165) is 12.8 Å². The summed E-state index contributed by atoms with van der Waals surface area (Å²) in [6.45, 7) is 0. The number of non-ortho nitro benzene ring substituents is 1. The molecule has 0 saturated heterocycles. The first-order chi connectivity index (χ1) is 8.54. The van der Waals surface area contributed by atoms with Gasteiger partial charge in [-0.05, 0) is 34.8 Å². The molecule has 18 heavy (non-hydrogen) atoms. The maximum Gasteiger partial charge on any atom is 0.414 e. The zero-order valence-corrected chi connectivity index (χ0v) is 11.2. The molecule has 0 heterocycles. The average molecular weight is 315 g/mol. The van der Waals surface area contributed by atoms with Crippen LogP contribution in [0.25, 0.3) is 0 Å². The molecule has 1 aromatic rings. The fourth-order valence-corrected chi connectivity index (χ4v) is 2.24. The third-order valence-electron chi connectivity index (χ3n) is 2.68. The number of hydrogen-bond donors (Lipinski definition) is 0. The van der Waals surface area contributed by atoms with Crippen LogP contribution in [0.15, 0.2) is 22.7 Å². The van der Waals surface area contributed by atoms with Crippen LogP contribution < -0.4 is 4.90 Å². The second-order valence-electron chi connectivity index (χ2n) is 3.96. The van der Waals surface area contributed by atoms with Gasteiger partial charge in [0.1, 0.15) is 0 Å². The average Bonchev–Trinajstić information content (AvgIpc) is 3.15. The maximum atomic E-state index is 11.7. The first-order valence-corrected chi connectivity index (χ1v) is 6.15. The van der Waals surface area contributed by atoms with Gasteiger partial charge in [-0.2, -0.15) is 0 Å². The van der Waals surface area contributed by atoms with Crippen LogP contribution in [0.4, 0.5) is 16.2 Å². The van der Waals surface area contributed by atoms with Crippen LogP contribution in [-0.2, 0) is 4.74 Å². The Kier molecular flexibility index (Phi) is 3.51. The number of carbonyl (C=O) groups excluding carboxylic acids is 1. The zero-order chi connectivity index (χ0) is 13.3. The van der Waals surface area contributed by atoms with Gasteiger partial charge in [0.15, 0.2) is 0 Å². The second-order valence-corrected chi connectivity index (χ2v) is 4.82. The van der Waals surface area contributed by atoms with Crippen molar-refractivity contribution >= 4 is 33.4 Å². The third-order valence-corrected chi connectivity index (χ3v) is 3.32. The minimum Gasteiger partial charge on any atom is -0.452 e. The predicted molar refractivity (Wildman–Crippen MR) is 68.7 cm³/mol. The Morgan fingerprint density at radius 1 is 1.56 bits per heavy atom. The Bertz CT molecular complexity index is 502. The number of ether oxygens (including phenoxy) is 1. The number of nitro groups is 1. The van der Waals surface area contributed by atoms with E-state index in [2.05, 4.69) is 15.9 Å². The first kappa shape index (κ1) is 12.8. The lowest BCUT2D eigenvalue weighted by molar-refractivity contribution is -0.384. The van der Waals surface area contributed by atoms with Gasteiger partial charge in [0.05, 0.1) is 17.7 Å². The monoisotopic (exact) mass is 314 g/mol. The normalized spacial score (nSPS) is 14.1. The van der Waals surface area contributed by atoms with Crippen LogP contribution in [0.3, 0.4) is 0 Å². The van der Waals surface area contributed by atoms with E-state index in [-0.39, 0.29) is 11.7 Å². The molecule has 0 N–H and O–H groups in total. The molecule has 0 aliphatic heterocycles. The summed E-state index contributed by atoms with van der Waals surface area (Å²) in [7, 11) is 1.32. The summed E-state index contributed by atoms with van der Waals surface area (Å²) in [5.41, 5.74) is 0.571. The number of nitrogens with zero attached hydrogens (tertiary/aromatic N) is 2.